The molecule has 1 amide bonds. The molecule has 1 spiro atoms. The van der Waals surface area contributed by atoms with E-state index in [-0.39, 0.29) is 34.7 Å². The van der Waals surface area contributed by atoms with Gasteiger partial charge in [-0.15, -0.1) is 0 Å². The Morgan fingerprint density at radius 2 is 1.79 bits per heavy atom. The van der Waals surface area contributed by atoms with Crippen LogP contribution >= 0.6 is 11.6 Å². The van der Waals surface area contributed by atoms with E-state index >= 15 is 0 Å². The first-order valence-corrected chi connectivity index (χ1v) is 23.5. The van der Waals surface area contributed by atoms with Gasteiger partial charge < -0.3 is 19.5 Å². The van der Waals surface area contributed by atoms with Crippen LogP contribution in [0.3, 0.4) is 0 Å². The number of ether oxygens (including phenoxy) is 2. The van der Waals surface area contributed by atoms with Crippen molar-refractivity contribution in [2.75, 3.05) is 84.1 Å². The van der Waals surface area contributed by atoms with Gasteiger partial charge in [-0.1, -0.05) is 31.0 Å². The van der Waals surface area contributed by atoms with Gasteiger partial charge in [0.25, 0.3) is 5.91 Å². The molecule has 14 heteroatoms. The minimum atomic E-state index is -3.98. The second-order valence-electron chi connectivity index (χ2n) is 18.4. The number of hydrogen-bond acceptors (Lipinski definition) is 11. The third-order valence-corrected chi connectivity index (χ3v) is 17.0. The molecular weight excluding hydrogens is 778 g/mol. The molecule has 1 unspecified atom stereocenters. The second kappa shape index (κ2) is 16.8. The smallest absolute Gasteiger partial charge is 0.306 e. The van der Waals surface area contributed by atoms with Gasteiger partial charge in [-0.2, -0.15) is 0 Å². The summed E-state index contributed by atoms with van der Waals surface area (Å²) in [4.78, 5) is 35.4. The molecule has 2 saturated heterocycles. The molecule has 2 N–H and O–H groups in total. The van der Waals surface area contributed by atoms with Gasteiger partial charge in [0.15, 0.2) is 0 Å². The Morgan fingerprint density at radius 1 is 1.00 bits per heavy atom. The summed E-state index contributed by atoms with van der Waals surface area (Å²) in [5, 5.41) is 13.0. The summed E-state index contributed by atoms with van der Waals surface area (Å²) in [5.41, 5.74) is 2.29. The number of piperazine rings is 2. The monoisotopic (exact) mass is 839 g/mol. The summed E-state index contributed by atoms with van der Waals surface area (Å²) >= 11 is 6.51. The number of aliphatic hydroxyl groups is 1. The van der Waals surface area contributed by atoms with Crippen LogP contribution in [-0.2, 0) is 31.4 Å². The number of sulfonamides is 1. The Bertz CT molecular complexity index is 1970. The van der Waals surface area contributed by atoms with Gasteiger partial charge >= 0.3 is 5.97 Å². The molecule has 2 bridgehead atoms. The highest BCUT2D eigenvalue weighted by Crippen LogP contribution is 2.49. The largest absolute Gasteiger partial charge is 0.490 e. The van der Waals surface area contributed by atoms with Crippen molar-refractivity contribution < 1.29 is 32.6 Å². The SMILES string of the molecule is COC(=O)CCN1CCN2CCN(CC3(O)CCC[C@H](C)[C@@H](C)S(=O)(=O)NC(=O)c4ccc5c(c4)N(C[C@@H]4CC[C@H]43)C[C@@]3(CCCc4cc(Cl)ccc43)CO5)C[C@H]2C1. The van der Waals surface area contributed by atoms with Gasteiger partial charge in [0.2, 0.25) is 10.0 Å². The van der Waals surface area contributed by atoms with E-state index in [4.69, 9.17) is 21.1 Å². The normalized spacial score (nSPS) is 33.4. The molecule has 318 valence electrons. The lowest BCUT2D eigenvalue weighted by molar-refractivity contribution is -0.141. The standard InChI is InChI=1S/C44H62ClN5O7S/c1-30-6-4-16-44(53,28-48-19-21-49-20-18-47(25-36(49)26-48)17-14-41(51)56-3)38-11-8-34(38)24-50-27-43(15-5-7-32-22-35(45)10-12-37(32)43)29-57-40-13-9-33(23-39(40)50)42(52)46-58(54,55)31(30)2/h9-10,12-13,22-23,30-31,34,36,38,53H,4-8,11,14-21,24-29H2,1-3H3,(H,46,52)/t30-,31+,34-,36+,38+,43-,44?/m0/s1. The highest BCUT2D eigenvalue weighted by atomic mass is 35.5. The Hall–Kier alpha value is -2.94. The fourth-order valence-electron chi connectivity index (χ4n) is 11.1. The molecule has 4 aliphatic heterocycles. The van der Waals surface area contributed by atoms with Crippen LogP contribution in [0.4, 0.5) is 5.69 Å². The maximum absolute atomic E-state index is 13.7. The van der Waals surface area contributed by atoms with Crippen LogP contribution in [0, 0.1) is 17.8 Å². The van der Waals surface area contributed by atoms with E-state index in [9.17, 15) is 23.1 Å². The number of nitrogens with one attached hydrogen (secondary N) is 1. The van der Waals surface area contributed by atoms with Gasteiger partial charge in [0.05, 0.1) is 36.7 Å². The maximum atomic E-state index is 13.7. The van der Waals surface area contributed by atoms with E-state index in [1.54, 1.807) is 13.0 Å². The van der Waals surface area contributed by atoms with E-state index in [1.807, 2.05) is 25.1 Å². The zero-order valence-electron chi connectivity index (χ0n) is 34.5. The lowest BCUT2D eigenvalue weighted by atomic mass is 9.62. The predicted molar refractivity (Wildman–Crippen MR) is 225 cm³/mol. The van der Waals surface area contributed by atoms with Gasteiger partial charge in [0.1, 0.15) is 5.75 Å². The minimum absolute atomic E-state index is 0.0605. The average molecular weight is 841 g/mol. The summed E-state index contributed by atoms with van der Waals surface area (Å²) in [6.45, 7) is 12.2. The first kappa shape index (κ1) is 41.8. The molecule has 4 heterocycles. The third kappa shape index (κ3) is 8.50. The lowest BCUT2D eigenvalue weighted by Gasteiger charge is -2.53. The van der Waals surface area contributed by atoms with E-state index in [0.29, 0.717) is 70.3 Å². The molecule has 58 heavy (non-hydrogen) atoms. The third-order valence-electron chi connectivity index (χ3n) is 14.9. The van der Waals surface area contributed by atoms with Crippen LogP contribution in [0.25, 0.3) is 0 Å². The first-order valence-electron chi connectivity index (χ1n) is 21.6. The molecule has 8 rings (SSSR count). The van der Waals surface area contributed by atoms with Crippen molar-refractivity contribution >= 4 is 39.2 Å². The minimum Gasteiger partial charge on any atom is -0.490 e. The van der Waals surface area contributed by atoms with Crippen LogP contribution < -0.4 is 14.4 Å². The Kier molecular flexibility index (Phi) is 12.1. The number of fused-ring (bicyclic) bond motifs is 5. The predicted octanol–water partition coefficient (Wildman–Crippen LogP) is 4.70. The summed E-state index contributed by atoms with van der Waals surface area (Å²) in [6.07, 6.45) is 7.10. The molecule has 2 aliphatic carbocycles. The molecule has 6 aliphatic rings. The summed E-state index contributed by atoms with van der Waals surface area (Å²) in [6, 6.07) is 11.8. The van der Waals surface area contributed by atoms with Crippen molar-refractivity contribution in [3.8, 4) is 5.75 Å². The summed E-state index contributed by atoms with van der Waals surface area (Å²) < 4.78 is 41.3. The highest BCUT2D eigenvalue weighted by molar-refractivity contribution is 7.90. The zero-order valence-corrected chi connectivity index (χ0v) is 36.0. The van der Waals surface area contributed by atoms with E-state index < -0.39 is 26.8 Å². The number of halogens is 1. The number of nitrogens with zero attached hydrogens (tertiary/aromatic N) is 4. The Balaban J connectivity index is 1.10. The number of carbonyl (C=O) groups is 2. The number of β-amino-alcohol motifs (C(OH)–C–C–N with tert-alkyl or cyclic N) is 1. The molecule has 3 fully saturated rings. The number of methoxy groups -OCH3 is 1. The number of amides is 1. The fraction of sp³-hybridized carbons (Fsp3) is 0.682. The van der Waals surface area contributed by atoms with E-state index in [1.165, 1.54) is 18.2 Å². The first-order chi connectivity index (χ1) is 27.8. The van der Waals surface area contributed by atoms with E-state index in [2.05, 4.69) is 36.5 Å². The second-order valence-corrected chi connectivity index (χ2v) is 20.9. The van der Waals surface area contributed by atoms with Gasteiger partial charge in [0, 0.05) is 87.5 Å². The van der Waals surface area contributed by atoms with Crippen molar-refractivity contribution in [1.29, 1.82) is 0 Å². The van der Waals surface area contributed by atoms with Crippen molar-refractivity contribution in [2.24, 2.45) is 17.8 Å². The average Bonchev–Trinajstić information content (AvgIpc) is 3.33. The van der Waals surface area contributed by atoms with E-state index in [0.717, 1.165) is 82.1 Å². The van der Waals surface area contributed by atoms with Crippen LogP contribution in [0.1, 0.15) is 86.7 Å². The molecule has 12 nitrogen and oxygen atoms in total. The topological polar surface area (TPSA) is 132 Å². The van der Waals surface area contributed by atoms with Crippen molar-refractivity contribution in [2.45, 2.75) is 93.9 Å². The van der Waals surface area contributed by atoms with Crippen LogP contribution in [-0.4, -0.2) is 136 Å². The number of benzene rings is 2. The number of esters is 1. The molecule has 0 aromatic heterocycles. The Labute approximate surface area is 349 Å². The number of anilines is 1. The summed E-state index contributed by atoms with van der Waals surface area (Å²) in [7, 11) is -2.55. The number of aryl methyl sites for hydroxylation is 1. The molecule has 0 radical (unpaired) electrons. The van der Waals surface area contributed by atoms with Gasteiger partial charge in [-0.25, -0.2) is 13.1 Å². The van der Waals surface area contributed by atoms with Crippen molar-refractivity contribution in [3.63, 3.8) is 0 Å². The zero-order chi connectivity index (χ0) is 40.8. The van der Waals surface area contributed by atoms with Crippen LogP contribution in [0.5, 0.6) is 5.75 Å². The molecule has 7 atom stereocenters. The highest BCUT2D eigenvalue weighted by Gasteiger charge is 2.50. The van der Waals surface area contributed by atoms with Crippen molar-refractivity contribution in [3.05, 3.63) is 58.1 Å². The van der Waals surface area contributed by atoms with Gasteiger partial charge in [-0.05, 0) is 111 Å². The van der Waals surface area contributed by atoms with Gasteiger partial charge in [-0.3, -0.25) is 24.3 Å². The van der Waals surface area contributed by atoms with Crippen LogP contribution in [0.2, 0.25) is 5.02 Å². The lowest BCUT2D eigenvalue weighted by Crippen LogP contribution is -2.64. The quantitative estimate of drug-likeness (QED) is 0.407. The molecule has 2 aromatic rings. The van der Waals surface area contributed by atoms with Crippen LogP contribution in [0.15, 0.2) is 36.4 Å². The number of hydrogen-bond donors (Lipinski definition) is 2. The number of rotatable bonds is 5. The fourth-order valence-corrected chi connectivity index (χ4v) is 12.6. The molecular formula is C44H62ClN5O7S. The Morgan fingerprint density at radius 3 is 2.57 bits per heavy atom. The summed E-state index contributed by atoms with van der Waals surface area (Å²) in [5.74, 6) is -0.0831. The van der Waals surface area contributed by atoms with Crippen molar-refractivity contribution in [1.82, 2.24) is 19.4 Å². The molecule has 1 saturated carbocycles. The number of carbonyl (C=O) groups excluding carboxylic acids is 2. The molecule has 2 aromatic carbocycles. The maximum Gasteiger partial charge on any atom is 0.306 e.